The van der Waals surface area contributed by atoms with Gasteiger partial charge in [0.1, 0.15) is 5.75 Å². The van der Waals surface area contributed by atoms with Crippen LogP contribution in [0.4, 0.5) is 5.69 Å². The molecule has 1 aliphatic carbocycles. The molecule has 3 heteroatoms. The van der Waals surface area contributed by atoms with Gasteiger partial charge in [-0.15, -0.1) is 0 Å². The van der Waals surface area contributed by atoms with E-state index in [1.54, 1.807) is 0 Å². The van der Waals surface area contributed by atoms with Crippen LogP contribution in [0.3, 0.4) is 0 Å². The van der Waals surface area contributed by atoms with Crippen LogP contribution in [0.5, 0.6) is 5.75 Å². The summed E-state index contributed by atoms with van der Waals surface area (Å²) in [6, 6.07) is 7.86. The second-order valence-corrected chi connectivity index (χ2v) is 5.22. The number of nitrogens with zero attached hydrogens (tertiary/aromatic N) is 1. The predicted molar refractivity (Wildman–Crippen MR) is 70.9 cm³/mol. The molecule has 1 fully saturated rings. The van der Waals surface area contributed by atoms with Crippen LogP contribution < -0.4 is 9.64 Å². The first-order valence-corrected chi connectivity index (χ1v) is 6.87. The summed E-state index contributed by atoms with van der Waals surface area (Å²) in [5.41, 5.74) is 0.944. The lowest BCUT2D eigenvalue weighted by molar-refractivity contribution is -0.120. The fraction of sp³-hybridized carbons (Fsp3) is 0.533. The van der Waals surface area contributed by atoms with Gasteiger partial charge in [-0.25, -0.2) is 0 Å². The zero-order valence-electron chi connectivity index (χ0n) is 10.6. The van der Waals surface area contributed by atoms with Crippen molar-refractivity contribution >= 4 is 11.6 Å². The highest BCUT2D eigenvalue weighted by Crippen LogP contribution is 2.34. The third-order valence-electron chi connectivity index (χ3n) is 3.93. The summed E-state index contributed by atoms with van der Waals surface area (Å²) in [6.07, 6.45) is 5.34. The molecule has 0 saturated heterocycles. The van der Waals surface area contributed by atoms with E-state index in [-0.39, 0.29) is 5.91 Å². The van der Waals surface area contributed by atoms with Gasteiger partial charge < -0.3 is 9.64 Å². The molecule has 1 aliphatic heterocycles. The maximum absolute atomic E-state index is 12.4. The summed E-state index contributed by atoms with van der Waals surface area (Å²) in [6.45, 7) is 1.48. The predicted octanol–water partition coefficient (Wildman–Crippen LogP) is 2.99. The van der Waals surface area contributed by atoms with Gasteiger partial charge in [-0.3, -0.25) is 4.79 Å². The molecule has 1 heterocycles. The van der Waals surface area contributed by atoms with E-state index in [9.17, 15) is 4.79 Å². The van der Waals surface area contributed by atoms with Gasteiger partial charge in [-0.2, -0.15) is 0 Å². The number of carbonyl (C=O) groups is 1. The number of hydrogen-bond acceptors (Lipinski definition) is 2. The molecule has 1 saturated carbocycles. The smallest absolute Gasteiger partial charge is 0.227 e. The molecular formula is C15H19NO2. The van der Waals surface area contributed by atoms with Crippen LogP contribution in [-0.4, -0.2) is 19.1 Å². The van der Waals surface area contributed by atoms with E-state index in [0.717, 1.165) is 24.4 Å². The highest BCUT2D eigenvalue weighted by Gasteiger charge is 2.26. The molecule has 3 rings (SSSR count). The fourth-order valence-corrected chi connectivity index (χ4v) is 2.64. The Kier molecular flexibility index (Phi) is 3.22. The lowest BCUT2D eigenvalue weighted by Crippen LogP contribution is -2.33. The Morgan fingerprint density at radius 3 is 2.89 bits per heavy atom. The van der Waals surface area contributed by atoms with Crippen LogP contribution >= 0.6 is 0 Å². The van der Waals surface area contributed by atoms with Gasteiger partial charge in [0.15, 0.2) is 0 Å². The zero-order chi connectivity index (χ0) is 12.4. The molecular weight excluding hydrogens is 226 g/mol. The number of amides is 1. The Balaban J connectivity index is 1.79. The number of benzene rings is 1. The molecule has 1 aromatic carbocycles. The van der Waals surface area contributed by atoms with E-state index in [4.69, 9.17) is 4.74 Å². The van der Waals surface area contributed by atoms with Crippen LogP contribution in [0.15, 0.2) is 24.3 Å². The van der Waals surface area contributed by atoms with Crippen molar-refractivity contribution in [2.45, 2.75) is 32.1 Å². The van der Waals surface area contributed by atoms with E-state index in [0.29, 0.717) is 18.9 Å². The Hall–Kier alpha value is -1.51. The third kappa shape index (κ3) is 2.22. The maximum Gasteiger partial charge on any atom is 0.227 e. The molecule has 0 atom stereocenters. The first-order chi connectivity index (χ1) is 8.84. The van der Waals surface area contributed by atoms with Crippen LogP contribution in [0, 0.1) is 5.92 Å². The molecule has 0 spiro atoms. The minimum absolute atomic E-state index is 0.262. The number of anilines is 1. The Morgan fingerprint density at radius 1 is 1.28 bits per heavy atom. The second-order valence-electron chi connectivity index (χ2n) is 5.22. The van der Waals surface area contributed by atoms with E-state index in [2.05, 4.69) is 0 Å². The summed E-state index contributed by atoms with van der Waals surface area (Å²) in [4.78, 5) is 14.3. The van der Waals surface area contributed by atoms with Gasteiger partial charge in [-0.05, 0) is 37.3 Å². The Bertz CT molecular complexity index is 440. The highest BCUT2D eigenvalue weighted by molar-refractivity contribution is 5.95. The minimum Gasteiger partial charge on any atom is -0.491 e. The van der Waals surface area contributed by atoms with Crippen molar-refractivity contribution in [3.63, 3.8) is 0 Å². The molecule has 18 heavy (non-hydrogen) atoms. The van der Waals surface area contributed by atoms with Crippen molar-refractivity contribution < 1.29 is 9.53 Å². The van der Waals surface area contributed by atoms with Crippen molar-refractivity contribution in [2.75, 3.05) is 18.1 Å². The molecule has 1 amide bonds. The van der Waals surface area contributed by atoms with Crippen LogP contribution in [0.2, 0.25) is 0 Å². The summed E-state index contributed by atoms with van der Waals surface area (Å²) >= 11 is 0. The second kappa shape index (κ2) is 5.01. The first kappa shape index (κ1) is 11.6. The number of hydrogen-bond donors (Lipinski definition) is 0. The van der Waals surface area contributed by atoms with E-state index in [1.165, 1.54) is 19.3 Å². The summed E-state index contributed by atoms with van der Waals surface area (Å²) in [5.74, 6) is 1.73. The third-order valence-corrected chi connectivity index (χ3v) is 3.93. The fourth-order valence-electron chi connectivity index (χ4n) is 2.64. The topological polar surface area (TPSA) is 29.5 Å². The average Bonchev–Trinajstić information content (AvgIpc) is 2.56. The average molecular weight is 245 g/mol. The monoisotopic (exact) mass is 245 g/mol. The lowest BCUT2D eigenvalue weighted by atomic mass is 9.82. The molecule has 1 aromatic rings. The highest BCUT2D eigenvalue weighted by atomic mass is 16.5. The number of carbonyl (C=O) groups excluding carboxylic acids is 1. The normalized spacial score (nSPS) is 19.4. The SMILES string of the molecule is O=C(CC1CCC1)N1CCCOc2ccccc21. The van der Waals surface area contributed by atoms with Crippen molar-refractivity contribution in [3.05, 3.63) is 24.3 Å². The largest absolute Gasteiger partial charge is 0.491 e. The quantitative estimate of drug-likeness (QED) is 0.801. The van der Waals surface area contributed by atoms with Crippen LogP contribution in [0.1, 0.15) is 32.1 Å². The van der Waals surface area contributed by atoms with E-state index in [1.807, 2.05) is 29.2 Å². The minimum atomic E-state index is 0.262. The maximum atomic E-state index is 12.4. The van der Waals surface area contributed by atoms with Crippen molar-refractivity contribution in [2.24, 2.45) is 5.92 Å². The lowest BCUT2D eigenvalue weighted by Gasteiger charge is -2.28. The van der Waals surface area contributed by atoms with Gasteiger partial charge in [0, 0.05) is 13.0 Å². The van der Waals surface area contributed by atoms with Gasteiger partial charge in [0.25, 0.3) is 0 Å². The van der Waals surface area contributed by atoms with Crippen molar-refractivity contribution in [3.8, 4) is 5.75 Å². The molecule has 0 aromatic heterocycles. The standard InChI is InChI=1S/C15H19NO2/c17-15(11-12-5-3-6-12)16-9-4-10-18-14-8-2-1-7-13(14)16/h1-2,7-8,12H,3-6,9-11H2. The number of para-hydroxylation sites is 2. The van der Waals surface area contributed by atoms with Crippen molar-refractivity contribution in [1.29, 1.82) is 0 Å². The molecule has 0 radical (unpaired) electrons. The first-order valence-electron chi connectivity index (χ1n) is 6.87. The van der Waals surface area contributed by atoms with Gasteiger partial charge in [0.2, 0.25) is 5.91 Å². The molecule has 0 unspecified atom stereocenters. The van der Waals surface area contributed by atoms with Crippen molar-refractivity contribution in [1.82, 2.24) is 0 Å². The van der Waals surface area contributed by atoms with Gasteiger partial charge in [-0.1, -0.05) is 18.6 Å². The summed E-state index contributed by atoms with van der Waals surface area (Å²) < 4.78 is 5.68. The number of rotatable bonds is 2. The van der Waals surface area contributed by atoms with Gasteiger partial charge in [0.05, 0.1) is 12.3 Å². The zero-order valence-corrected chi connectivity index (χ0v) is 10.6. The molecule has 3 nitrogen and oxygen atoms in total. The van der Waals surface area contributed by atoms with E-state index >= 15 is 0 Å². The molecule has 96 valence electrons. The molecule has 0 N–H and O–H groups in total. The number of ether oxygens (including phenoxy) is 1. The summed E-state index contributed by atoms with van der Waals surface area (Å²) in [5, 5.41) is 0. The van der Waals surface area contributed by atoms with Crippen LogP contribution in [0.25, 0.3) is 0 Å². The van der Waals surface area contributed by atoms with Crippen LogP contribution in [-0.2, 0) is 4.79 Å². The van der Waals surface area contributed by atoms with Gasteiger partial charge >= 0.3 is 0 Å². The molecule has 2 aliphatic rings. The Labute approximate surface area is 108 Å². The molecule has 0 bridgehead atoms. The van der Waals surface area contributed by atoms with E-state index < -0.39 is 0 Å². The number of fused-ring (bicyclic) bond motifs is 1. The Morgan fingerprint density at radius 2 is 2.11 bits per heavy atom. The summed E-state index contributed by atoms with van der Waals surface area (Å²) in [7, 11) is 0.